The molecule has 0 radical (unpaired) electrons. The molecule has 1 aliphatic rings. The van der Waals surface area contributed by atoms with Crippen molar-refractivity contribution in [2.45, 2.75) is 13.3 Å². The average Bonchev–Trinajstić information content (AvgIpc) is 2.63. The quantitative estimate of drug-likeness (QED) is 0.554. The van der Waals surface area contributed by atoms with E-state index in [0.717, 1.165) is 11.6 Å². The molecule has 2 nitrogen and oxygen atoms in total. The van der Waals surface area contributed by atoms with Crippen LogP contribution in [0.5, 0.6) is 0 Å². The Balaban J connectivity index is 2.35. The van der Waals surface area contributed by atoms with Gasteiger partial charge in [-0.1, -0.05) is 13.5 Å². The summed E-state index contributed by atoms with van der Waals surface area (Å²) in [5.41, 5.74) is 1.11. The van der Waals surface area contributed by atoms with Gasteiger partial charge in [0.1, 0.15) is 0 Å². The van der Waals surface area contributed by atoms with Crippen LogP contribution in [0.25, 0.3) is 0 Å². The number of hydroxylamine groups is 2. The fourth-order valence-electron chi connectivity index (χ4n) is 1.14. The van der Waals surface area contributed by atoms with Crippen molar-refractivity contribution in [3.05, 3.63) is 12.3 Å². The maximum absolute atomic E-state index is 5.00. The van der Waals surface area contributed by atoms with E-state index in [4.69, 9.17) is 4.84 Å². The molecule has 0 aromatic carbocycles. The average molecular weight is 141 g/mol. The van der Waals surface area contributed by atoms with Crippen LogP contribution in [0, 0.1) is 11.8 Å². The van der Waals surface area contributed by atoms with Crippen molar-refractivity contribution < 1.29 is 4.84 Å². The molecule has 1 saturated carbocycles. The minimum absolute atomic E-state index is 0.671. The van der Waals surface area contributed by atoms with Crippen molar-refractivity contribution in [2.24, 2.45) is 11.8 Å². The first-order chi connectivity index (χ1) is 4.66. The molecular formula is C8H15NO. The molecule has 58 valence electrons. The van der Waals surface area contributed by atoms with E-state index in [2.05, 4.69) is 13.5 Å². The molecule has 0 N–H and O–H groups in total. The zero-order valence-electron chi connectivity index (χ0n) is 6.92. The Kier molecular flexibility index (Phi) is 2.00. The van der Waals surface area contributed by atoms with E-state index in [1.54, 1.807) is 12.2 Å². The Morgan fingerprint density at radius 1 is 1.70 bits per heavy atom. The Hall–Kier alpha value is -0.500. The summed E-state index contributed by atoms with van der Waals surface area (Å²) in [7, 11) is 3.56. The monoisotopic (exact) mass is 141 g/mol. The first-order valence-corrected chi connectivity index (χ1v) is 3.63. The van der Waals surface area contributed by atoms with Gasteiger partial charge < -0.3 is 0 Å². The van der Waals surface area contributed by atoms with Gasteiger partial charge in [-0.3, -0.25) is 9.90 Å². The topological polar surface area (TPSA) is 12.5 Å². The third-order valence-electron chi connectivity index (χ3n) is 2.22. The van der Waals surface area contributed by atoms with E-state index >= 15 is 0 Å². The number of hydrogen-bond acceptors (Lipinski definition) is 2. The van der Waals surface area contributed by atoms with Crippen LogP contribution in [0.4, 0.5) is 0 Å². The fraction of sp³-hybridized carbons (Fsp3) is 0.750. The molecule has 0 bridgehead atoms. The summed E-state index contributed by atoms with van der Waals surface area (Å²) in [4.78, 5) is 5.00. The maximum atomic E-state index is 5.00. The summed E-state index contributed by atoms with van der Waals surface area (Å²) in [5, 5.41) is 1.74. The van der Waals surface area contributed by atoms with E-state index in [-0.39, 0.29) is 0 Å². The first kappa shape index (κ1) is 7.61. The second-order valence-electron chi connectivity index (χ2n) is 2.99. The number of hydrogen-bond donors (Lipinski definition) is 0. The van der Waals surface area contributed by atoms with E-state index in [0.29, 0.717) is 5.92 Å². The molecule has 1 rings (SSSR count). The van der Waals surface area contributed by atoms with Gasteiger partial charge in [0, 0.05) is 18.7 Å². The standard InChI is InChI=1S/C8H15NO/c1-6-5-8(6)7(2)9(3)10-4/h6,8H,2,5H2,1,3-4H3/t6-,8?/m1/s1. The molecule has 0 spiro atoms. The maximum Gasteiger partial charge on any atom is 0.0638 e. The summed E-state index contributed by atoms with van der Waals surface area (Å²) in [6, 6.07) is 0. The van der Waals surface area contributed by atoms with Gasteiger partial charge >= 0.3 is 0 Å². The van der Waals surface area contributed by atoms with Gasteiger partial charge in [-0.05, 0) is 12.3 Å². The van der Waals surface area contributed by atoms with Gasteiger partial charge in [-0.25, -0.2) is 0 Å². The number of allylic oxidation sites excluding steroid dienone is 1. The van der Waals surface area contributed by atoms with Crippen molar-refractivity contribution in [3.63, 3.8) is 0 Å². The van der Waals surface area contributed by atoms with Gasteiger partial charge in [-0.15, -0.1) is 0 Å². The molecule has 0 aromatic rings. The molecule has 1 aliphatic carbocycles. The molecule has 0 heterocycles. The molecule has 0 aliphatic heterocycles. The fourth-order valence-corrected chi connectivity index (χ4v) is 1.14. The summed E-state index contributed by atoms with van der Waals surface area (Å²) >= 11 is 0. The summed E-state index contributed by atoms with van der Waals surface area (Å²) < 4.78 is 0. The lowest BCUT2D eigenvalue weighted by molar-refractivity contribution is -0.0815. The molecule has 1 fully saturated rings. The highest BCUT2D eigenvalue weighted by atomic mass is 16.7. The lowest BCUT2D eigenvalue weighted by atomic mass is 10.3. The highest BCUT2D eigenvalue weighted by Crippen LogP contribution is 2.43. The van der Waals surface area contributed by atoms with Crippen LogP contribution in [0.2, 0.25) is 0 Å². The molecule has 10 heavy (non-hydrogen) atoms. The Morgan fingerprint density at radius 3 is 2.50 bits per heavy atom. The van der Waals surface area contributed by atoms with Crippen molar-refractivity contribution in [3.8, 4) is 0 Å². The van der Waals surface area contributed by atoms with Crippen molar-refractivity contribution in [1.29, 1.82) is 0 Å². The minimum Gasteiger partial charge on any atom is -0.277 e. The van der Waals surface area contributed by atoms with Crippen molar-refractivity contribution in [1.82, 2.24) is 5.06 Å². The molecule has 0 saturated heterocycles. The second-order valence-corrected chi connectivity index (χ2v) is 2.99. The van der Waals surface area contributed by atoms with Crippen molar-refractivity contribution >= 4 is 0 Å². The molecule has 0 aromatic heterocycles. The third kappa shape index (κ3) is 1.32. The van der Waals surface area contributed by atoms with E-state index in [9.17, 15) is 0 Å². The number of nitrogens with zero attached hydrogens (tertiary/aromatic N) is 1. The molecule has 0 amide bonds. The van der Waals surface area contributed by atoms with Crippen LogP contribution in [-0.2, 0) is 4.84 Å². The smallest absolute Gasteiger partial charge is 0.0638 e. The lowest BCUT2D eigenvalue weighted by Crippen LogP contribution is -2.16. The summed E-state index contributed by atoms with van der Waals surface area (Å²) in [6.45, 7) is 6.17. The van der Waals surface area contributed by atoms with E-state index < -0.39 is 0 Å². The SMILES string of the molecule is C=C(C1C[C@H]1C)N(C)OC. The zero-order chi connectivity index (χ0) is 7.72. The van der Waals surface area contributed by atoms with Crippen LogP contribution >= 0.6 is 0 Å². The molecule has 2 atom stereocenters. The minimum atomic E-state index is 0.671. The van der Waals surface area contributed by atoms with Crippen LogP contribution in [-0.4, -0.2) is 19.2 Å². The van der Waals surface area contributed by atoms with Crippen LogP contribution < -0.4 is 0 Å². The highest BCUT2D eigenvalue weighted by molar-refractivity contribution is 5.07. The summed E-state index contributed by atoms with van der Waals surface area (Å²) in [5.74, 6) is 1.48. The Labute approximate surface area is 62.4 Å². The highest BCUT2D eigenvalue weighted by Gasteiger charge is 2.36. The van der Waals surface area contributed by atoms with Crippen LogP contribution in [0.3, 0.4) is 0 Å². The Bertz CT molecular complexity index is 138. The van der Waals surface area contributed by atoms with Gasteiger partial charge in [0.2, 0.25) is 0 Å². The van der Waals surface area contributed by atoms with E-state index in [1.807, 2.05) is 7.05 Å². The Morgan fingerprint density at radius 2 is 2.20 bits per heavy atom. The molecular weight excluding hydrogens is 126 g/mol. The van der Waals surface area contributed by atoms with Crippen LogP contribution in [0.1, 0.15) is 13.3 Å². The van der Waals surface area contributed by atoms with Gasteiger partial charge in [0.05, 0.1) is 7.11 Å². The summed E-state index contributed by atoms with van der Waals surface area (Å²) in [6.07, 6.45) is 1.27. The van der Waals surface area contributed by atoms with Gasteiger partial charge in [0.25, 0.3) is 0 Å². The predicted octanol–water partition coefficient (Wildman–Crippen LogP) is 1.65. The van der Waals surface area contributed by atoms with E-state index in [1.165, 1.54) is 6.42 Å². The number of rotatable bonds is 3. The van der Waals surface area contributed by atoms with Crippen LogP contribution in [0.15, 0.2) is 12.3 Å². The normalized spacial score (nSPS) is 29.9. The van der Waals surface area contributed by atoms with Crippen molar-refractivity contribution in [2.75, 3.05) is 14.2 Å². The zero-order valence-corrected chi connectivity index (χ0v) is 6.92. The molecule has 2 heteroatoms. The van der Waals surface area contributed by atoms with Gasteiger partial charge in [0.15, 0.2) is 0 Å². The first-order valence-electron chi connectivity index (χ1n) is 3.63. The predicted molar refractivity (Wildman–Crippen MR) is 41.2 cm³/mol. The largest absolute Gasteiger partial charge is 0.277 e. The lowest BCUT2D eigenvalue weighted by Gasteiger charge is -2.17. The second kappa shape index (κ2) is 2.62. The van der Waals surface area contributed by atoms with Gasteiger partial charge in [-0.2, -0.15) is 0 Å². The third-order valence-corrected chi connectivity index (χ3v) is 2.22. The molecule has 1 unspecified atom stereocenters.